The minimum absolute atomic E-state index is 0.622. The lowest BCUT2D eigenvalue weighted by Crippen LogP contribution is -2.02. The molecule has 0 aliphatic heterocycles. The van der Waals surface area contributed by atoms with E-state index in [2.05, 4.69) is 223 Å². The third-order valence-electron chi connectivity index (χ3n) is 14.6. The molecule has 0 bridgehead atoms. The highest BCUT2D eigenvalue weighted by Crippen LogP contribution is 2.46. The van der Waals surface area contributed by atoms with E-state index in [9.17, 15) is 0 Å². The van der Waals surface area contributed by atoms with Gasteiger partial charge in [-0.3, -0.25) is 0 Å². The summed E-state index contributed by atoms with van der Waals surface area (Å²) in [6, 6.07) is 79.8. The van der Waals surface area contributed by atoms with Crippen molar-refractivity contribution in [1.82, 2.24) is 19.5 Å². The summed E-state index contributed by atoms with van der Waals surface area (Å²) >= 11 is 5.46. The van der Waals surface area contributed by atoms with Crippen molar-refractivity contribution in [2.45, 2.75) is 0 Å². The first-order chi connectivity index (χ1) is 35.7. The summed E-state index contributed by atoms with van der Waals surface area (Å²) in [4.78, 5) is 16.5. The van der Waals surface area contributed by atoms with Crippen LogP contribution in [0, 0.1) is 0 Å². The van der Waals surface area contributed by atoms with Crippen LogP contribution >= 0.6 is 34.0 Å². The molecule has 334 valence electrons. The lowest BCUT2D eigenvalue weighted by molar-refractivity contribution is 1.08. The van der Waals surface area contributed by atoms with Gasteiger partial charge in [0, 0.05) is 93.5 Å². The van der Waals surface area contributed by atoms with E-state index < -0.39 is 0 Å². The topological polar surface area (TPSA) is 43.6 Å². The third kappa shape index (κ3) is 5.99. The molecule has 11 aromatic carbocycles. The van der Waals surface area contributed by atoms with Crippen LogP contribution in [-0.2, 0) is 0 Å². The van der Waals surface area contributed by atoms with Crippen molar-refractivity contribution in [3.63, 3.8) is 0 Å². The number of benzene rings is 11. The van der Waals surface area contributed by atoms with Gasteiger partial charge in [0.15, 0.2) is 17.5 Å². The normalized spacial score (nSPS) is 12.2. The Balaban J connectivity index is 1.00. The molecule has 0 fully saturated rings. The van der Waals surface area contributed by atoms with Crippen molar-refractivity contribution < 1.29 is 0 Å². The third-order valence-corrected chi connectivity index (χ3v) is 18.1. The van der Waals surface area contributed by atoms with Crippen LogP contribution in [0.5, 0.6) is 0 Å². The van der Waals surface area contributed by atoms with Gasteiger partial charge in [-0.25, -0.2) is 15.0 Å². The van der Waals surface area contributed by atoms with Gasteiger partial charge in [0.2, 0.25) is 0 Å². The van der Waals surface area contributed by atoms with Gasteiger partial charge in [-0.15, -0.1) is 34.0 Å². The Morgan fingerprint density at radius 2 is 0.806 bits per heavy atom. The predicted molar refractivity (Wildman–Crippen MR) is 310 cm³/mol. The highest BCUT2D eigenvalue weighted by molar-refractivity contribution is 7.26. The molecule has 0 N–H and O–H groups in total. The molecule has 0 radical (unpaired) electrons. The second-order valence-electron chi connectivity index (χ2n) is 18.6. The number of aromatic nitrogens is 4. The van der Waals surface area contributed by atoms with Crippen LogP contribution in [0.15, 0.2) is 218 Å². The average molecular weight is 969 g/mol. The van der Waals surface area contributed by atoms with Gasteiger partial charge in [-0.05, 0) is 106 Å². The summed E-state index contributed by atoms with van der Waals surface area (Å²) in [5, 5.41) is 14.6. The molecule has 0 saturated carbocycles. The lowest BCUT2D eigenvalue weighted by atomic mass is 9.98. The van der Waals surface area contributed by atoms with Gasteiger partial charge in [-0.2, -0.15) is 0 Å². The second-order valence-corrected chi connectivity index (χ2v) is 21.9. The van der Waals surface area contributed by atoms with Gasteiger partial charge in [0.25, 0.3) is 0 Å². The number of hydrogen-bond donors (Lipinski definition) is 0. The molecule has 0 atom stereocenters. The number of nitrogens with zero attached hydrogens (tertiary/aromatic N) is 4. The number of hydrogen-bond acceptors (Lipinski definition) is 6. The van der Waals surface area contributed by atoms with Crippen molar-refractivity contribution in [2.24, 2.45) is 0 Å². The summed E-state index contributed by atoms with van der Waals surface area (Å²) in [6.45, 7) is 0. The number of fused-ring (bicyclic) bond motifs is 15. The molecule has 7 heteroatoms. The summed E-state index contributed by atoms with van der Waals surface area (Å²) in [5.41, 5.74) is 8.52. The van der Waals surface area contributed by atoms with Crippen LogP contribution in [0.4, 0.5) is 0 Å². The largest absolute Gasteiger partial charge is 0.309 e. The Kier molecular flexibility index (Phi) is 8.62. The first-order valence-electron chi connectivity index (χ1n) is 24.2. The zero-order valence-corrected chi connectivity index (χ0v) is 40.7. The smallest absolute Gasteiger partial charge is 0.164 e. The molecule has 0 aliphatic rings. The second kappa shape index (κ2) is 15.5. The Bertz CT molecular complexity index is 4820. The monoisotopic (exact) mass is 968 g/mol. The maximum Gasteiger partial charge on any atom is 0.164 e. The summed E-state index contributed by atoms with van der Waals surface area (Å²) < 4.78 is 9.94. The van der Waals surface area contributed by atoms with Crippen LogP contribution in [0.1, 0.15) is 0 Å². The molecule has 4 nitrogen and oxygen atoms in total. The van der Waals surface area contributed by atoms with Gasteiger partial charge in [-0.1, -0.05) is 140 Å². The SMILES string of the molecule is c1ccc2cc3c(cc2c1)c1c2ccccc2ccc1n3-c1ccc(-c2nc(-c3cccc4sc5ccccc5c34)nc(-c3cccc4sc5ccccc5c34)n2)cc1-c1ccc2sc3ccccc3c2c1. The standard InChI is InChI=1S/C65H36N4S3/c1-2-15-39-36-53-50(33-38(39)14-1)60-42-16-4-3-13-37(42)27-31-52(60)69(53)51-30-28-41(35-48(51)40-29-32-57-49(34-40)43-17-5-8-22-54(43)70-57)63-66-64(46-20-11-25-58-61(46)44-18-6-9-23-55(44)71-58)68-65(67-63)47-21-12-26-59-62(47)45-19-7-10-24-56(45)72-59/h1-36H. The van der Waals surface area contributed by atoms with Gasteiger partial charge < -0.3 is 4.57 Å². The molecule has 0 unspecified atom stereocenters. The minimum Gasteiger partial charge on any atom is -0.309 e. The Morgan fingerprint density at radius 3 is 1.50 bits per heavy atom. The highest BCUT2D eigenvalue weighted by atomic mass is 32.1. The summed E-state index contributed by atoms with van der Waals surface area (Å²) in [7, 11) is 0. The van der Waals surface area contributed by atoms with E-state index in [0.717, 1.165) is 44.5 Å². The first kappa shape index (κ1) is 40.2. The van der Waals surface area contributed by atoms with E-state index in [-0.39, 0.29) is 0 Å². The molecule has 16 aromatic rings. The first-order valence-corrected chi connectivity index (χ1v) is 26.6. The lowest BCUT2D eigenvalue weighted by Gasteiger charge is -2.17. The van der Waals surface area contributed by atoms with Crippen LogP contribution < -0.4 is 0 Å². The summed E-state index contributed by atoms with van der Waals surface area (Å²) in [5.74, 6) is 1.93. The quantitative estimate of drug-likeness (QED) is 0.173. The van der Waals surface area contributed by atoms with Crippen molar-refractivity contribution in [1.29, 1.82) is 0 Å². The molecule has 0 amide bonds. The van der Waals surface area contributed by atoms with Crippen LogP contribution in [-0.4, -0.2) is 19.5 Å². The Morgan fingerprint density at radius 1 is 0.278 bits per heavy atom. The van der Waals surface area contributed by atoms with Crippen LogP contribution in [0.3, 0.4) is 0 Å². The molecule has 0 spiro atoms. The molecular formula is C65H36N4S3. The fraction of sp³-hybridized carbons (Fsp3) is 0. The molecule has 0 aliphatic carbocycles. The molecule has 16 rings (SSSR count). The maximum absolute atomic E-state index is 5.52. The number of rotatable bonds is 5. The molecule has 5 aromatic heterocycles. The van der Waals surface area contributed by atoms with Gasteiger partial charge >= 0.3 is 0 Å². The van der Waals surface area contributed by atoms with E-state index in [0.29, 0.717) is 17.5 Å². The zero-order chi connectivity index (χ0) is 47.0. The predicted octanol–water partition coefficient (Wildman–Crippen LogP) is 19.0. The number of thiophene rings is 3. The average Bonchev–Trinajstić information content (AvgIpc) is 4.21. The van der Waals surface area contributed by atoms with E-state index in [1.165, 1.54) is 92.8 Å². The van der Waals surface area contributed by atoms with Gasteiger partial charge in [0.05, 0.1) is 16.7 Å². The molecule has 5 heterocycles. The van der Waals surface area contributed by atoms with Crippen LogP contribution in [0.2, 0.25) is 0 Å². The van der Waals surface area contributed by atoms with Gasteiger partial charge in [0.1, 0.15) is 0 Å². The van der Waals surface area contributed by atoms with E-state index in [4.69, 9.17) is 15.0 Å². The van der Waals surface area contributed by atoms with Crippen LogP contribution in [0.25, 0.3) is 155 Å². The minimum atomic E-state index is 0.622. The fourth-order valence-corrected chi connectivity index (χ4v) is 14.7. The maximum atomic E-state index is 5.52. The molecule has 0 saturated heterocycles. The van der Waals surface area contributed by atoms with E-state index in [1.54, 1.807) is 0 Å². The molecular weight excluding hydrogens is 933 g/mol. The van der Waals surface area contributed by atoms with E-state index in [1.807, 2.05) is 34.0 Å². The van der Waals surface area contributed by atoms with Crippen molar-refractivity contribution >= 4 is 138 Å². The molecule has 72 heavy (non-hydrogen) atoms. The van der Waals surface area contributed by atoms with E-state index >= 15 is 0 Å². The Hall–Kier alpha value is -8.59. The highest BCUT2D eigenvalue weighted by Gasteiger charge is 2.23. The van der Waals surface area contributed by atoms with Crippen molar-refractivity contribution in [3.8, 4) is 51.0 Å². The fourth-order valence-electron chi connectivity index (χ4n) is 11.4. The zero-order valence-electron chi connectivity index (χ0n) is 38.3. The van der Waals surface area contributed by atoms with Crippen molar-refractivity contribution in [3.05, 3.63) is 218 Å². The Labute approximate surface area is 424 Å². The summed E-state index contributed by atoms with van der Waals surface area (Å²) in [6.07, 6.45) is 0. The van der Waals surface area contributed by atoms with Crippen molar-refractivity contribution in [2.75, 3.05) is 0 Å².